The maximum Gasteiger partial charge on any atom is 0.221 e. The lowest BCUT2D eigenvalue weighted by Gasteiger charge is -2.22. The highest BCUT2D eigenvalue weighted by atomic mass is 35.5. The number of nitrogens with one attached hydrogen (secondary N) is 1. The number of carbonyl (C=O) groups is 1. The van der Waals surface area contributed by atoms with Crippen molar-refractivity contribution in [3.63, 3.8) is 0 Å². The predicted octanol–water partition coefficient (Wildman–Crippen LogP) is 0.688. The van der Waals surface area contributed by atoms with Crippen molar-refractivity contribution in [1.82, 2.24) is 5.32 Å². The first-order valence-corrected chi connectivity index (χ1v) is 5.28. The van der Waals surface area contributed by atoms with Crippen molar-refractivity contribution in [2.45, 2.75) is 32.2 Å². The largest absolute Gasteiger partial charge is 0.381 e. The molecule has 90 valence electrons. The van der Waals surface area contributed by atoms with E-state index in [4.69, 9.17) is 10.5 Å². The van der Waals surface area contributed by atoms with Crippen molar-refractivity contribution in [2.24, 2.45) is 11.7 Å². The zero-order valence-electron chi connectivity index (χ0n) is 9.20. The molecule has 0 bridgehead atoms. The van der Waals surface area contributed by atoms with Gasteiger partial charge in [-0.15, -0.1) is 12.4 Å². The molecule has 0 spiro atoms. The predicted molar refractivity (Wildman–Crippen MR) is 62.1 cm³/mol. The van der Waals surface area contributed by atoms with Gasteiger partial charge in [0.2, 0.25) is 5.91 Å². The minimum atomic E-state index is -0.0512. The van der Waals surface area contributed by atoms with Crippen molar-refractivity contribution in [2.75, 3.05) is 19.8 Å². The summed E-state index contributed by atoms with van der Waals surface area (Å²) in [5.41, 5.74) is 5.52. The van der Waals surface area contributed by atoms with Crippen LogP contribution in [0.3, 0.4) is 0 Å². The molecule has 1 saturated heterocycles. The van der Waals surface area contributed by atoms with Crippen LogP contribution in [-0.4, -0.2) is 31.7 Å². The third-order valence-corrected chi connectivity index (χ3v) is 2.44. The molecule has 15 heavy (non-hydrogen) atoms. The summed E-state index contributed by atoms with van der Waals surface area (Å²) in [5, 5.41) is 2.91. The first kappa shape index (κ1) is 14.7. The monoisotopic (exact) mass is 236 g/mol. The van der Waals surface area contributed by atoms with Gasteiger partial charge in [-0.2, -0.15) is 0 Å². The summed E-state index contributed by atoms with van der Waals surface area (Å²) in [6.07, 6.45) is 2.53. The van der Waals surface area contributed by atoms with Crippen LogP contribution in [0.2, 0.25) is 0 Å². The molecule has 1 amide bonds. The van der Waals surface area contributed by atoms with E-state index in [2.05, 4.69) is 5.32 Å². The Hall–Kier alpha value is -0.320. The standard InChI is InChI=1S/C10H20N2O2.ClH/c1-8(11)6-10(13)12-7-9-2-4-14-5-3-9;/h8-9H,2-7,11H2,1H3,(H,12,13);1H. The van der Waals surface area contributed by atoms with Gasteiger partial charge in [0.15, 0.2) is 0 Å². The average Bonchev–Trinajstić information content (AvgIpc) is 2.15. The van der Waals surface area contributed by atoms with Crippen LogP contribution in [0.25, 0.3) is 0 Å². The molecule has 5 heteroatoms. The zero-order valence-corrected chi connectivity index (χ0v) is 10.0. The lowest BCUT2D eigenvalue weighted by atomic mass is 10.0. The van der Waals surface area contributed by atoms with Gasteiger partial charge in [-0.1, -0.05) is 0 Å². The highest BCUT2D eigenvalue weighted by molar-refractivity contribution is 5.85. The molecule has 1 fully saturated rings. The van der Waals surface area contributed by atoms with Gasteiger partial charge in [0.05, 0.1) is 0 Å². The summed E-state index contributed by atoms with van der Waals surface area (Å²) >= 11 is 0. The molecular formula is C10H21ClN2O2. The van der Waals surface area contributed by atoms with Gasteiger partial charge in [0, 0.05) is 32.2 Å². The zero-order chi connectivity index (χ0) is 10.4. The van der Waals surface area contributed by atoms with Crippen molar-refractivity contribution in [3.8, 4) is 0 Å². The van der Waals surface area contributed by atoms with E-state index in [1.165, 1.54) is 0 Å². The first-order valence-electron chi connectivity index (χ1n) is 5.28. The highest BCUT2D eigenvalue weighted by Gasteiger charge is 2.14. The second-order valence-corrected chi connectivity index (χ2v) is 4.04. The Morgan fingerprint density at radius 3 is 2.67 bits per heavy atom. The summed E-state index contributed by atoms with van der Waals surface area (Å²) in [5.74, 6) is 0.646. The fourth-order valence-electron chi connectivity index (χ4n) is 1.57. The van der Waals surface area contributed by atoms with Gasteiger partial charge in [0.1, 0.15) is 0 Å². The maximum absolute atomic E-state index is 11.3. The lowest BCUT2D eigenvalue weighted by molar-refractivity contribution is -0.121. The quantitative estimate of drug-likeness (QED) is 0.755. The van der Waals surface area contributed by atoms with E-state index in [1.807, 2.05) is 6.92 Å². The van der Waals surface area contributed by atoms with Crippen LogP contribution in [-0.2, 0) is 9.53 Å². The maximum atomic E-state index is 11.3. The summed E-state index contributed by atoms with van der Waals surface area (Å²) in [6.45, 7) is 4.27. The normalized spacial score (nSPS) is 19.1. The molecule has 0 aromatic carbocycles. The van der Waals surface area contributed by atoms with Crippen molar-refractivity contribution in [1.29, 1.82) is 0 Å². The first-order chi connectivity index (χ1) is 6.68. The number of amides is 1. The Bertz CT molecular complexity index is 182. The van der Waals surface area contributed by atoms with Gasteiger partial charge in [-0.3, -0.25) is 4.79 Å². The fourth-order valence-corrected chi connectivity index (χ4v) is 1.57. The highest BCUT2D eigenvalue weighted by Crippen LogP contribution is 2.13. The molecular weight excluding hydrogens is 216 g/mol. The Morgan fingerprint density at radius 2 is 2.13 bits per heavy atom. The van der Waals surface area contributed by atoms with Crippen LogP contribution in [0.1, 0.15) is 26.2 Å². The molecule has 1 heterocycles. The Morgan fingerprint density at radius 1 is 1.53 bits per heavy atom. The molecule has 0 saturated carbocycles. The summed E-state index contributed by atoms with van der Waals surface area (Å²) in [4.78, 5) is 11.3. The number of halogens is 1. The molecule has 1 rings (SSSR count). The van der Waals surface area contributed by atoms with Gasteiger partial charge in [-0.05, 0) is 25.7 Å². The summed E-state index contributed by atoms with van der Waals surface area (Å²) < 4.78 is 5.24. The van der Waals surface area contributed by atoms with Crippen LogP contribution < -0.4 is 11.1 Å². The van der Waals surface area contributed by atoms with Crippen molar-refractivity contribution >= 4 is 18.3 Å². The lowest BCUT2D eigenvalue weighted by Crippen LogP contribution is -2.35. The van der Waals surface area contributed by atoms with E-state index in [0.717, 1.165) is 32.6 Å². The second kappa shape index (κ2) is 7.91. The van der Waals surface area contributed by atoms with Crippen LogP contribution in [0, 0.1) is 5.92 Å². The Kier molecular flexibility index (Phi) is 7.74. The molecule has 4 nitrogen and oxygen atoms in total. The topological polar surface area (TPSA) is 64.4 Å². The van der Waals surface area contributed by atoms with E-state index in [-0.39, 0.29) is 24.4 Å². The molecule has 0 radical (unpaired) electrons. The molecule has 0 aromatic heterocycles. The molecule has 1 aliphatic rings. The third kappa shape index (κ3) is 6.71. The van der Waals surface area contributed by atoms with Gasteiger partial charge in [-0.25, -0.2) is 0 Å². The number of rotatable bonds is 4. The number of nitrogens with two attached hydrogens (primary N) is 1. The second-order valence-electron chi connectivity index (χ2n) is 4.04. The minimum Gasteiger partial charge on any atom is -0.381 e. The van der Waals surface area contributed by atoms with E-state index in [9.17, 15) is 4.79 Å². The van der Waals surface area contributed by atoms with E-state index < -0.39 is 0 Å². The van der Waals surface area contributed by atoms with Crippen LogP contribution in [0.5, 0.6) is 0 Å². The van der Waals surface area contributed by atoms with E-state index >= 15 is 0 Å². The number of hydrogen-bond acceptors (Lipinski definition) is 3. The molecule has 1 aliphatic heterocycles. The van der Waals surface area contributed by atoms with E-state index in [1.54, 1.807) is 0 Å². The molecule has 3 N–H and O–H groups in total. The third-order valence-electron chi connectivity index (χ3n) is 2.44. The smallest absolute Gasteiger partial charge is 0.221 e. The Balaban J connectivity index is 0.00000196. The summed E-state index contributed by atoms with van der Waals surface area (Å²) in [6, 6.07) is -0.0512. The SMILES string of the molecule is CC(N)CC(=O)NCC1CCOCC1.Cl. The van der Waals surface area contributed by atoms with Crippen LogP contribution in [0.15, 0.2) is 0 Å². The number of hydrogen-bond donors (Lipinski definition) is 2. The molecule has 1 atom stereocenters. The van der Waals surface area contributed by atoms with Crippen molar-refractivity contribution in [3.05, 3.63) is 0 Å². The van der Waals surface area contributed by atoms with E-state index in [0.29, 0.717) is 12.3 Å². The Labute approximate surface area is 97.3 Å². The van der Waals surface area contributed by atoms with Crippen LogP contribution >= 0.6 is 12.4 Å². The molecule has 1 unspecified atom stereocenters. The number of ether oxygens (including phenoxy) is 1. The molecule has 0 aromatic rings. The minimum absolute atomic E-state index is 0. The van der Waals surface area contributed by atoms with Gasteiger partial charge >= 0.3 is 0 Å². The van der Waals surface area contributed by atoms with Gasteiger partial charge in [0.25, 0.3) is 0 Å². The fraction of sp³-hybridized carbons (Fsp3) is 0.900. The number of carbonyl (C=O) groups excluding carboxylic acids is 1. The van der Waals surface area contributed by atoms with Gasteiger partial charge < -0.3 is 15.8 Å². The summed E-state index contributed by atoms with van der Waals surface area (Å²) in [7, 11) is 0. The van der Waals surface area contributed by atoms with Crippen LogP contribution in [0.4, 0.5) is 0 Å². The average molecular weight is 237 g/mol. The van der Waals surface area contributed by atoms with Crippen molar-refractivity contribution < 1.29 is 9.53 Å². The molecule has 0 aliphatic carbocycles.